The summed E-state index contributed by atoms with van der Waals surface area (Å²) >= 11 is 0. The molecule has 0 radical (unpaired) electrons. The van der Waals surface area contributed by atoms with Crippen LogP contribution in [0.5, 0.6) is 0 Å². The number of rotatable bonds is 4. The Morgan fingerprint density at radius 1 is 1.39 bits per heavy atom. The number of carbonyl (C=O) groups excluding carboxylic acids is 1. The average Bonchev–Trinajstić information content (AvgIpc) is 3.15. The van der Waals surface area contributed by atoms with Crippen LogP contribution in [0.4, 0.5) is 0 Å². The SMILES string of the molecule is Cn1ncc(C(=O)N2CCO[C@@H](CC(=O)O)C2)c1-n1cccc1. The van der Waals surface area contributed by atoms with Crippen LogP contribution in [0, 0.1) is 0 Å². The maximum Gasteiger partial charge on any atom is 0.306 e. The van der Waals surface area contributed by atoms with Gasteiger partial charge in [-0.3, -0.25) is 14.3 Å². The van der Waals surface area contributed by atoms with E-state index in [2.05, 4.69) is 5.10 Å². The van der Waals surface area contributed by atoms with Crippen molar-refractivity contribution in [2.24, 2.45) is 7.05 Å². The van der Waals surface area contributed by atoms with Gasteiger partial charge in [0.15, 0.2) is 0 Å². The van der Waals surface area contributed by atoms with Gasteiger partial charge in [-0.15, -0.1) is 0 Å². The molecule has 0 aromatic carbocycles. The Hall–Kier alpha value is -2.61. The van der Waals surface area contributed by atoms with Crippen LogP contribution in [0.15, 0.2) is 30.7 Å². The number of carboxylic acids is 1. The number of aromatic nitrogens is 3. The predicted octanol–water partition coefficient (Wildman–Crippen LogP) is 0.526. The topological polar surface area (TPSA) is 89.6 Å². The Labute approximate surface area is 132 Å². The number of hydrogen-bond acceptors (Lipinski definition) is 4. The zero-order chi connectivity index (χ0) is 16.4. The van der Waals surface area contributed by atoms with Gasteiger partial charge in [0, 0.05) is 32.5 Å². The fourth-order valence-electron chi connectivity index (χ4n) is 2.76. The second-order valence-corrected chi connectivity index (χ2v) is 5.44. The lowest BCUT2D eigenvalue weighted by Crippen LogP contribution is -2.46. The maximum atomic E-state index is 12.8. The summed E-state index contributed by atoms with van der Waals surface area (Å²) in [6.45, 7) is 1.04. The van der Waals surface area contributed by atoms with Crippen LogP contribution in [0.1, 0.15) is 16.8 Å². The summed E-state index contributed by atoms with van der Waals surface area (Å²) in [5.41, 5.74) is 0.486. The van der Waals surface area contributed by atoms with Crippen LogP contribution in [0.3, 0.4) is 0 Å². The Morgan fingerprint density at radius 2 is 2.13 bits per heavy atom. The number of morpholine rings is 1. The van der Waals surface area contributed by atoms with Crippen molar-refractivity contribution in [2.75, 3.05) is 19.7 Å². The number of aliphatic carboxylic acids is 1. The number of nitrogens with zero attached hydrogens (tertiary/aromatic N) is 4. The van der Waals surface area contributed by atoms with Gasteiger partial charge in [-0.2, -0.15) is 5.10 Å². The summed E-state index contributed by atoms with van der Waals surface area (Å²) < 4.78 is 8.88. The van der Waals surface area contributed by atoms with Crippen molar-refractivity contribution in [3.05, 3.63) is 36.3 Å². The van der Waals surface area contributed by atoms with Crippen LogP contribution >= 0.6 is 0 Å². The molecule has 2 aromatic rings. The van der Waals surface area contributed by atoms with E-state index in [1.807, 2.05) is 29.1 Å². The van der Waals surface area contributed by atoms with Crippen molar-refractivity contribution in [2.45, 2.75) is 12.5 Å². The van der Waals surface area contributed by atoms with E-state index in [0.29, 0.717) is 24.5 Å². The molecule has 0 saturated carbocycles. The number of carboxylic acid groups (broad SMARTS) is 1. The summed E-state index contributed by atoms with van der Waals surface area (Å²) in [5.74, 6) is -0.416. The summed E-state index contributed by atoms with van der Waals surface area (Å²) in [7, 11) is 1.78. The molecule has 122 valence electrons. The minimum absolute atomic E-state index is 0.110. The molecule has 3 rings (SSSR count). The standard InChI is InChI=1S/C15H18N4O4/c1-17-14(18-4-2-3-5-18)12(9-16-17)15(22)19-6-7-23-11(10-19)8-13(20)21/h2-5,9,11H,6-8,10H2,1H3,(H,20,21)/t11-/m0/s1. The minimum Gasteiger partial charge on any atom is -0.481 e. The van der Waals surface area contributed by atoms with Crippen LogP contribution in [-0.2, 0) is 16.6 Å². The molecule has 0 bridgehead atoms. The highest BCUT2D eigenvalue weighted by molar-refractivity contribution is 5.97. The molecule has 1 aliphatic heterocycles. The molecule has 2 aromatic heterocycles. The monoisotopic (exact) mass is 318 g/mol. The number of aryl methyl sites for hydroxylation is 1. The minimum atomic E-state index is -0.932. The highest BCUT2D eigenvalue weighted by atomic mass is 16.5. The summed E-state index contributed by atoms with van der Waals surface area (Å²) in [6.07, 6.45) is 4.65. The lowest BCUT2D eigenvalue weighted by Gasteiger charge is -2.32. The summed E-state index contributed by atoms with van der Waals surface area (Å²) in [6, 6.07) is 3.75. The summed E-state index contributed by atoms with van der Waals surface area (Å²) in [5, 5.41) is 13.1. The molecule has 1 amide bonds. The molecule has 1 saturated heterocycles. The van der Waals surface area contributed by atoms with E-state index in [-0.39, 0.29) is 18.9 Å². The molecule has 0 unspecified atom stereocenters. The normalized spacial score (nSPS) is 18.1. The zero-order valence-corrected chi connectivity index (χ0v) is 12.8. The largest absolute Gasteiger partial charge is 0.481 e. The van der Waals surface area contributed by atoms with Gasteiger partial charge in [-0.1, -0.05) is 0 Å². The molecule has 1 N–H and O–H groups in total. The van der Waals surface area contributed by atoms with Crippen LogP contribution in [0.2, 0.25) is 0 Å². The highest BCUT2D eigenvalue weighted by Gasteiger charge is 2.29. The molecule has 1 aliphatic rings. The first-order valence-corrected chi connectivity index (χ1v) is 7.34. The number of ether oxygens (including phenoxy) is 1. The van der Waals surface area contributed by atoms with E-state index in [1.54, 1.807) is 22.8 Å². The van der Waals surface area contributed by atoms with Crippen molar-refractivity contribution < 1.29 is 19.4 Å². The second kappa shape index (κ2) is 6.25. The third kappa shape index (κ3) is 3.11. The van der Waals surface area contributed by atoms with Crippen molar-refractivity contribution in [1.29, 1.82) is 0 Å². The van der Waals surface area contributed by atoms with Crippen LogP contribution in [-0.4, -0.2) is 62.0 Å². The van der Waals surface area contributed by atoms with E-state index >= 15 is 0 Å². The predicted molar refractivity (Wildman–Crippen MR) is 80.4 cm³/mol. The Bertz CT molecular complexity index is 707. The van der Waals surface area contributed by atoms with Gasteiger partial charge < -0.3 is 19.3 Å². The average molecular weight is 318 g/mol. The van der Waals surface area contributed by atoms with Gasteiger partial charge in [0.1, 0.15) is 11.4 Å². The first-order chi connectivity index (χ1) is 11.1. The van der Waals surface area contributed by atoms with Crippen LogP contribution < -0.4 is 0 Å². The Kier molecular flexibility index (Phi) is 4.16. The molecule has 23 heavy (non-hydrogen) atoms. The fraction of sp³-hybridized carbons (Fsp3) is 0.400. The molecule has 0 aliphatic carbocycles. The third-order valence-corrected chi connectivity index (χ3v) is 3.82. The first-order valence-electron chi connectivity index (χ1n) is 7.34. The Morgan fingerprint density at radius 3 is 2.83 bits per heavy atom. The van der Waals surface area contributed by atoms with E-state index in [1.165, 1.54) is 0 Å². The van der Waals surface area contributed by atoms with Crippen molar-refractivity contribution in [1.82, 2.24) is 19.2 Å². The van der Waals surface area contributed by atoms with Gasteiger partial charge in [0.2, 0.25) is 0 Å². The lowest BCUT2D eigenvalue weighted by molar-refractivity contribution is -0.141. The third-order valence-electron chi connectivity index (χ3n) is 3.82. The number of hydrogen-bond donors (Lipinski definition) is 1. The highest BCUT2D eigenvalue weighted by Crippen LogP contribution is 2.18. The van der Waals surface area contributed by atoms with Crippen molar-refractivity contribution in [3.8, 4) is 5.82 Å². The van der Waals surface area contributed by atoms with Crippen molar-refractivity contribution >= 4 is 11.9 Å². The molecule has 8 nitrogen and oxygen atoms in total. The maximum absolute atomic E-state index is 12.8. The summed E-state index contributed by atoms with van der Waals surface area (Å²) in [4.78, 5) is 25.3. The quantitative estimate of drug-likeness (QED) is 0.888. The lowest BCUT2D eigenvalue weighted by atomic mass is 10.2. The fourth-order valence-corrected chi connectivity index (χ4v) is 2.76. The van der Waals surface area contributed by atoms with Gasteiger partial charge in [-0.05, 0) is 12.1 Å². The second-order valence-electron chi connectivity index (χ2n) is 5.44. The van der Waals surface area contributed by atoms with Gasteiger partial charge in [0.25, 0.3) is 5.91 Å². The van der Waals surface area contributed by atoms with E-state index < -0.39 is 12.1 Å². The first kappa shape index (κ1) is 15.3. The molecule has 1 fully saturated rings. The molecule has 8 heteroatoms. The molecule has 1 atom stereocenters. The van der Waals surface area contributed by atoms with Crippen molar-refractivity contribution in [3.63, 3.8) is 0 Å². The smallest absolute Gasteiger partial charge is 0.306 e. The number of carbonyl (C=O) groups is 2. The van der Waals surface area contributed by atoms with E-state index in [9.17, 15) is 9.59 Å². The zero-order valence-electron chi connectivity index (χ0n) is 12.8. The van der Waals surface area contributed by atoms with E-state index in [4.69, 9.17) is 9.84 Å². The number of amides is 1. The van der Waals surface area contributed by atoms with Gasteiger partial charge in [-0.25, -0.2) is 0 Å². The molecular weight excluding hydrogens is 300 g/mol. The molecule has 0 spiro atoms. The van der Waals surface area contributed by atoms with Gasteiger partial charge >= 0.3 is 5.97 Å². The Balaban J connectivity index is 1.82. The molecule has 3 heterocycles. The van der Waals surface area contributed by atoms with Crippen LogP contribution in [0.25, 0.3) is 5.82 Å². The van der Waals surface area contributed by atoms with E-state index in [0.717, 1.165) is 0 Å². The van der Waals surface area contributed by atoms with Gasteiger partial charge in [0.05, 0.1) is 25.3 Å². The molecular formula is C15H18N4O4.